The molecule has 1 aromatic carbocycles. The van der Waals surface area contributed by atoms with Crippen molar-refractivity contribution in [3.05, 3.63) is 30.3 Å². The number of carbonyl (C=O) groups is 1. The summed E-state index contributed by atoms with van der Waals surface area (Å²) < 4.78 is 0. The van der Waals surface area contributed by atoms with Crippen molar-refractivity contribution >= 4 is 17.7 Å². The fraction of sp³-hybridized carbons (Fsp3) is 0.364. The summed E-state index contributed by atoms with van der Waals surface area (Å²) in [6.07, 6.45) is 0. The van der Waals surface area contributed by atoms with Crippen molar-refractivity contribution in [2.75, 3.05) is 0 Å². The van der Waals surface area contributed by atoms with Crippen LogP contribution in [0.2, 0.25) is 0 Å². The van der Waals surface area contributed by atoms with E-state index in [1.165, 1.54) is 0 Å². The summed E-state index contributed by atoms with van der Waals surface area (Å²) in [5.41, 5.74) is 0. The summed E-state index contributed by atoms with van der Waals surface area (Å²) in [5, 5.41) is 8.91. The zero-order valence-corrected chi connectivity index (χ0v) is 9.12. The molecule has 0 aliphatic rings. The molecule has 1 N–H and O–H groups in total. The SMILES string of the molecule is CC(Sc1ccccc1)C(C)C(=O)O. The van der Waals surface area contributed by atoms with Crippen LogP contribution in [0.15, 0.2) is 35.2 Å². The lowest BCUT2D eigenvalue weighted by atomic mass is 10.1. The molecule has 0 amide bonds. The molecule has 2 nitrogen and oxygen atoms in total. The minimum Gasteiger partial charge on any atom is -0.481 e. The Bertz CT molecular complexity index is 297. The van der Waals surface area contributed by atoms with Gasteiger partial charge in [-0.05, 0) is 12.1 Å². The molecule has 0 radical (unpaired) electrons. The summed E-state index contributed by atoms with van der Waals surface area (Å²) in [7, 11) is 0. The maximum Gasteiger partial charge on any atom is 0.307 e. The zero-order chi connectivity index (χ0) is 10.6. The highest BCUT2D eigenvalue weighted by Gasteiger charge is 2.19. The van der Waals surface area contributed by atoms with E-state index in [9.17, 15) is 4.79 Å². The monoisotopic (exact) mass is 210 g/mol. The molecule has 14 heavy (non-hydrogen) atoms. The van der Waals surface area contributed by atoms with E-state index in [4.69, 9.17) is 5.11 Å². The molecule has 0 saturated carbocycles. The van der Waals surface area contributed by atoms with Gasteiger partial charge in [0, 0.05) is 10.1 Å². The largest absolute Gasteiger partial charge is 0.481 e. The van der Waals surface area contributed by atoms with Gasteiger partial charge in [-0.1, -0.05) is 32.0 Å². The fourth-order valence-corrected chi connectivity index (χ4v) is 2.08. The minimum atomic E-state index is -0.735. The van der Waals surface area contributed by atoms with Crippen LogP contribution >= 0.6 is 11.8 Å². The van der Waals surface area contributed by atoms with Crippen molar-refractivity contribution in [2.24, 2.45) is 5.92 Å². The quantitative estimate of drug-likeness (QED) is 0.776. The van der Waals surface area contributed by atoms with Crippen LogP contribution in [-0.4, -0.2) is 16.3 Å². The van der Waals surface area contributed by atoms with Crippen molar-refractivity contribution in [3.8, 4) is 0 Å². The van der Waals surface area contributed by atoms with E-state index in [2.05, 4.69) is 0 Å². The molecule has 0 fully saturated rings. The summed E-state index contributed by atoms with van der Waals surface area (Å²) in [4.78, 5) is 11.8. The number of thioether (sulfide) groups is 1. The lowest BCUT2D eigenvalue weighted by Crippen LogP contribution is -2.19. The second kappa shape index (κ2) is 5.05. The Kier molecular flexibility index (Phi) is 4.01. The third-order valence-corrected chi connectivity index (χ3v) is 3.48. The van der Waals surface area contributed by atoms with Gasteiger partial charge in [0.15, 0.2) is 0 Å². The predicted molar refractivity (Wildman–Crippen MR) is 58.6 cm³/mol. The third kappa shape index (κ3) is 3.07. The average molecular weight is 210 g/mol. The first-order valence-electron chi connectivity index (χ1n) is 4.55. The number of carboxylic acid groups (broad SMARTS) is 1. The minimum absolute atomic E-state index is 0.0925. The summed E-state index contributed by atoms with van der Waals surface area (Å²) in [6, 6.07) is 9.86. The van der Waals surface area contributed by atoms with Crippen LogP contribution in [0.1, 0.15) is 13.8 Å². The number of carboxylic acids is 1. The molecule has 1 aromatic rings. The first kappa shape index (κ1) is 11.1. The molecular formula is C11H14O2S. The van der Waals surface area contributed by atoms with Crippen molar-refractivity contribution in [3.63, 3.8) is 0 Å². The molecule has 3 heteroatoms. The maximum absolute atomic E-state index is 10.7. The van der Waals surface area contributed by atoms with Crippen molar-refractivity contribution in [1.82, 2.24) is 0 Å². The van der Waals surface area contributed by atoms with Crippen LogP contribution in [0.3, 0.4) is 0 Å². The summed E-state index contributed by atoms with van der Waals surface area (Å²) >= 11 is 1.60. The first-order chi connectivity index (χ1) is 6.61. The Hall–Kier alpha value is -0.960. The fourth-order valence-electron chi connectivity index (χ4n) is 1.02. The van der Waals surface area contributed by atoms with Gasteiger partial charge in [-0.3, -0.25) is 4.79 Å². The highest BCUT2D eigenvalue weighted by molar-refractivity contribution is 8.00. The molecule has 2 atom stereocenters. The second-order valence-corrected chi connectivity index (χ2v) is 4.71. The van der Waals surface area contributed by atoms with E-state index in [1.807, 2.05) is 37.3 Å². The molecule has 1 rings (SSSR count). The van der Waals surface area contributed by atoms with E-state index in [1.54, 1.807) is 18.7 Å². The van der Waals surface area contributed by atoms with Crippen LogP contribution in [-0.2, 0) is 4.79 Å². The van der Waals surface area contributed by atoms with E-state index < -0.39 is 5.97 Å². The Balaban J connectivity index is 2.57. The lowest BCUT2D eigenvalue weighted by molar-refractivity contribution is -0.140. The summed E-state index contributed by atoms with van der Waals surface area (Å²) in [5.74, 6) is -1.05. The molecular weight excluding hydrogens is 196 g/mol. The molecule has 0 saturated heterocycles. The van der Waals surface area contributed by atoms with Crippen molar-refractivity contribution in [2.45, 2.75) is 24.0 Å². The van der Waals surface area contributed by atoms with E-state index in [0.717, 1.165) is 4.90 Å². The van der Waals surface area contributed by atoms with Crippen LogP contribution in [0, 0.1) is 5.92 Å². The first-order valence-corrected chi connectivity index (χ1v) is 5.43. The average Bonchev–Trinajstić information content (AvgIpc) is 2.18. The van der Waals surface area contributed by atoms with Gasteiger partial charge >= 0.3 is 5.97 Å². The number of rotatable bonds is 4. The van der Waals surface area contributed by atoms with Gasteiger partial charge in [0.05, 0.1) is 5.92 Å². The standard InChI is InChI=1S/C11H14O2S/c1-8(11(12)13)9(2)14-10-6-4-3-5-7-10/h3-9H,1-2H3,(H,12,13). The number of aliphatic carboxylic acids is 1. The van der Waals surface area contributed by atoms with Crippen LogP contribution in [0.4, 0.5) is 0 Å². The Morgan fingerprint density at radius 3 is 2.36 bits per heavy atom. The van der Waals surface area contributed by atoms with Crippen LogP contribution < -0.4 is 0 Å². The normalized spacial score (nSPS) is 14.7. The predicted octanol–water partition coefficient (Wildman–Crippen LogP) is 2.89. The molecule has 0 spiro atoms. The van der Waals surface area contributed by atoms with Crippen molar-refractivity contribution < 1.29 is 9.90 Å². The van der Waals surface area contributed by atoms with Gasteiger partial charge < -0.3 is 5.11 Å². The number of benzene rings is 1. The molecule has 0 bridgehead atoms. The topological polar surface area (TPSA) is 37.3 Å². The second-order valence-electron chi connectivity index (χ2n) is 3.26. The maximum atomic E-state index is 10.7. The van der Waals surface area contributed by atoms with E-state index in [-0.39, 0.29) is 11.2 Å². The Morgan fingerprint density at radius 2 is 1.86 bits per heavy atom. The lowest BCUT2D eigenvalue weighted by Gasteiger charge is -2.14. The highest BCUT2D eigenvalue weighted by Crippen LogP contribution is 2.27. The van der Waals surface area contributed by atoms with E-state index >= 15 is 0 Å². The van der Waals surface area contributed by atoms with Gasteiger partial charge in [-0.15, -0.1) is 11.8 Å². The smallest absolute Gasteiger partial charge is 0.307 e. The van der Waals surface area contributed by atoms with Gasteiger partial charge in [0.2, 0.25) is 0 Å². The Labute approximate surface area is 88.3 Å². The number of hydrogen-bond donors (Lipinski definition) is 1. The highest BCUT2D eigenvalue weighted by atomic mass is 32.2. The van der Waals surface area contributed by atoms with Gasteiger partial charge in [-0.25, -0.2) is 0 Å². The van der Waals surface area contributed by atoms with Crippen LogP contribution in [0.25, 0.3) is 0 Å². The molecule has 0 aromatic heterocycles. The molecule has 76 valence electrons. The van der Waals surface area contributed by atoms with Gasteiger partial charge in [-0.2, -0.15) is 0 Å². The van der Waals surface area contributed by atoms with E-state index in [0.29, 0.717) is 0 Å². The molecule has 0 aliphatic carbocycles. The van der Waals surface area contributed by atoms with Gasteiger partial charge in [0.1, 0.15) is 0 Å². The molecule has 2 unspecified atom stereocenters. The van der Waals surface area contributed by atoms with Crippen LogP contribution in [0.5, 0.6) is 0 Å². The molecule has 0 aliphatic heterocycles. The zero-order valence-electron chi connectivity index (χ0n) is 8.31. The summed E-state index contributed by atoms with van der Waals surface area (Å²) in [6.45, 7) is 3.68. The van der Waals surface area contributed by atoms with Crippen molar-refractivity contribution in [1.29, 1.82) is 0 Å². The third-order valence-electron chi connectivity index (χ3n) is 2.16. The molecule has 0 heterocycles. The number of hydrogen-bond acceptors (Lipinski definition) is 2. The Morgan fingerprint density at radius 1 is 1.29 bits per heavy atom. The van der Waals surface area contributed by atoms with Gasteiger partial charge in [0.25, 0.3) is 0 Å².